The summed E-state index contributed by atoms with van der Waals surface area (Å²) in [6.45, 7) is 4.10. The Bertz CT molecular complexity index is 1290. The van der Waals surface area contributed by atoms with E-state index in [1.54, 1.807) is 19.9 Å². The summed E-state index contributed by atoms with van der Waals surface area (Å²) in [5.74, 6) is -1.37. The van der Waals surface area contributed by atoms with E-state index in [0.717, 1.165) is 17.2 Å². The van der Waals surface area contributed by atoms with E-state index < -0.39 is 51.9 Å². The van der Waals surface area contributed by atoms with Gasteiger partial charge in [-0.15, -0.1) is 0 Å². The fourth-order valence-electron chi connectivity index (χ4n) is 3.69. The predicted octanol–water partition coefficient (Wildman–Crippen LogP) is 6.15. The van der Waals surface area contributed by atoms with Gasteiger partial charge in [-0.05, 0) is 50.1 Å². The second-order valence-corrected chi connectivity index (χ2v) is 12.0. The Balaban J connectivity index is 2.60. The molecule has 2 rings (SSSR count). The fraction of sp³-hybridized carbons (Fsp3) is 0.440. The van der Waals surface area contributed by atoms with E-state index in [0.29, 0.717) is 28.4 Å². The normalized spacial score (nSPS) is 13.5. The van der Waals surface area contributed by atoms with Gasteiger partial charge in [-0.3, -0.25) is 13.9 Å². The van der Waals surface area contributed by atoms with E-state index in [1.807, 2.05) is 6.92 Å². The van der Waals surface area contributed by atoms with Crippen LogP contribution < -0.4 is 9.62 Å². The van der Waals surface area contributed by atoms with Gasteiger partial charge < -0.3 is 10.2 Å². The van der Waals surface area contributed by atoms with E-state index in [9.17, 15) is 31.2 Å². The lowest BCUT2D eigenvalue weighted by Crippen LogP contribution is -2.53. The molecule has 0 saturated carbocycles. The molecule has 1 N–H and O–H groups in total. The lowest BCUT2D eigenvalue weighted by atomic mass is 10.1. The van der Waals surface area contributed by atoms with Gasteiger partial charge in [0.2, 0.25) is 21.8 Å². The molecule has 0 aliphatic carbocycles. The van der Waals surface area contributed by atoms with Crippen molar-refractivity contribution in [2.75, 3.05) is 17.1 Å². The molecule has 0 heterocycles. The number of hydrogen-bond acceptors (Lipinski definition) is 4. The minimum absolute atomic E-state index is 0.138. The third-order valence-electron chi connectivity index (χ3n) is 6.00. The minimum Gasteiger partial charge on any atom is -0.352 e. The first-order valence-corrected chi connectivity index (χ1v) is 14.9. The number of nitrogens with zero attached hydrogens (tertiary/aromatic N) is 2. The molecule has 14 heteroatoms. The molecule has 2 aromatic rings. The van der Waals surface area contributed by atoms with Gasteiger partial charge in [0.05, 0.1) is 22.5 Å². The number of rotatable bonds is 11. The van der Waals surface area contributed by atoms with E-state index in [4.69, 9.17) is 34.8 Å². The molecule has 39 heavy (non-hydrogen) atoms. The molecule has 0 aliphatic heterocycles. The number of alkyl halides is 3. The van der Waals surface area contributed by atoms with Crippen LogP contribution in [0.15, 0.2) is 36.4 Å². The second-order valence-electron chi connectivity index (χ2n) is 8.90. The van der Waals surface area contributed by atoms with Crippen molar-refractivity contribution in [2.45, 2.75) is 58.4 Å². The zero-order valence-electron chi connectivity index (χ0n) is 21.7. The van der Waals surface area contributed by atoms with Gasteiger partial charge in [0.25, 0.3) is 0 Å². The molecule has 0 aromatic heterocycles. The topological polar surface area (TPSA) is 86.8 Å². The van der Waals surface area contributed by atoms with Crippen molar-refractivity contribution in [1.29, 1.82) is 0 Å². The van der Waals surface area contributed by atoms with Crippen LogP contribution in [0, 0.1) is 0 Å². The summed E-state index contributed by atoms with van der Waals surface area (Å²) in [7, 11) is -4.31. The number of anilines is 1. The molecule has 2 aromatic carbocycles. The number of carbonyl (C=O) groups is 2. The summed E-state index contributed by atoms with van der Waals surface area (Å²) >= 11 is 18.7. The average molecular weight is 631 g/mol. The van der Waals surface area contributed by atoms with E-state index in [1.165, 1.54) is 12.1 Å². The SMILES string of the molecule is CCC(C)NC(=O)C(CC)N(Cc1c(Cl)cccc1Cl)C(=O)CN(c1cc(C(F)(F)F)ccc1Cl)S(C)(=O)=O. The number of nitrogens with one attached hydrogen (secondary N) is 1. The molecule has 0 spiro atoms. The number of hydrogen-bond donors (Lipinski definition) is 1. The molecule has 2 unspecified atom stereocenters. The number of benzene rings is 2. The number of sulfonamides is 1. The molecule has 2 amide bonds. The average Bonchev–Trinajstić information content (AvgIpc) is 2.83. The van der Waals surface area contributed by atoms with Crippen molar-refractivity contribution in [3.63, 3.8) is 0 Å². The van der Waals surface area contributed by atoms with Gasteiger partial charge in [0.1, 0.15) is 12.6 Å². The smallest absolute Gasteiger partial charge is 0.352 e. The number of carbonyl (C=O) groups excluding carboxylic acids is 2. The zero-order chi connectivity index (χ0) is 29.7. The molecule has 0 radical (unpaired) electrons. The Morgan fingerprint density at radius 3 is 2.08 bits per heavy atom. The maximum atomic E-state index is 13.7. The fourth-order valence-corrected chi connectivity index (χ4v) is 5.33. The zero-order valence-corrected chi connectivity index (χ0v) is 24.7. The van der Waals surface area contributed by atoms with Crippen LogP contribution in [0.2, 0.25) is 15.1 Å². The maximum Gasteiger partial charge on any atom is 0.416 e. The van der Waals surface area contributed by atoms with Crippen molar-refractivity contribution in [3.8, 4) is 0 Å². The van der Waals surface area contributed by atoms with Crippen LogP contribution >= 0.6 is 34.8 Å². The summed E-state index contributed by atoms with van der Waals surface area (Å²) in [4.78, 5) is 28.0. The van der Waals surface area contributed by atoms with Crippen molar-refractivity contribution in [3.05, 3.63) is 62.6 Å². The monoisotopic (exact) mass is 629 g/mol. The molecule has 0 aliphatic rings. The van der Waals surface area contributed by atoms with Gasteiger partial charge in [-0.2, -0.15) is 13.2 Å². The van der Waals surface area contributed by atoms with Crippen molar-refractivity contribution >= 4 is 62.3 Å². The van der Waals surface area contributed by atoms with Crippen LogP contribution in [0.3, 0.4) is 0 Å². The standard InChI is InChI=1S/C25H29Cl3F3N3O4S/c1-5-15(3)32-24(36)21(6-2)33(13-17-18(26)8-7-9-19(17)27)23(35)14-34(39(4,37)38)22-12-16(25(29,30)31)10-11-20(22)28/h7-12,15,21H,5-6,13-14H2,1-4H3,(H,32,36). The highest BCUT2D eigenvalue weighted by atomic mass is 35.5. The van der Waals surface area contributed by atoms with Crippen LogP contribution in [0.5, 0.6) is 0 Å². The lowest BCUT2D eigenvalue weighted by Gasteiger charge is -2.34. The first-order valence-electron chi connectivity index (χ1n) is 11.9. The quantitative estimate of drug-likeness (QED) is 0.323. The van der Waals surface area contributed by atoms with E-state index in [-0.39, 0.29) is 34.1 Å². The van der Waals surface area contributed by atoms with Crippen LogP contribution in [-0.2, 0) is 32.3 Å². The first kappa shape index (κ1) is 33.0. The second kappa shape index (κ2) is 13.4. The number of halogens is 6. The summed E-state index contributed by atoms with van der Waals surface area (Å²) < 4.78 is 66.1. The van der Waals surface area contributed by atoms with Gasteiger partial charge in [-0.25, -0.2) is 8.42 Å². The highest BCUT2D eigenvalue weighted by Gasteiger charge is 2.35. The minimum atomic E-state index is -4.79. The molecular formula is C25H29Cl3F3N3O4S. The summed E-state index contributed by atoms with van der Waals surface area (Å²) in [6, 6.07) is 5.53. The highest BCUT2D eigenvalue weighted by Crippen LogP contribution is 2.36. The van der Waals surface area contributed by atoms with Gasteiger partial charge >= 0.3 is 6.18 Å². The third-order valence-corrected chi connectivity index (χ3v) is 8.15. The Hall–Kier alpha value is -2.21. The predicted molar refractivity (Wildman–Crippen MR) is 148 cm³/mol. The Labute approximate surface area is 241 Å². The molecule has 2 atom stereocenters. The largest absolute Gasteiger partial charge is 0.416 e. The lowest BCUT2D eigenvalue weighted by molar-refractivity contribution is -0.140. The van der Waals surface area contributed by atoms with Crippen LogP contribution in [0.1, 0.15) is 44.7 Å². The molecule has 0 saturated heterocycles. The molecule has 0 bridgehead atoms. The van der Waals surface area contributed by atoms with Gasteiger partial charge in [0, 0.05) is 28.2 Å². The van der Waals surface area contributed by atoms with Gasteiger partial charge in [0.15, 0.2) is 0 Å². The van der Waals surface area contributed by atoms with E-state index >= 15 is 0 Å². The highest BCUT2D eigenvalue weighted by molar-refractivity contribution is 7.92. The van der Waals surface area contributed by atoms with E-state index in [2.05, 4.69) is 5.32 Å². The first-order chi connectivity index (χ1) is 18.0. The van der Waals surface area contributed by atoms with Gasteiger partial charge in [-0.1, -0.05) is 54.7 Å². The summed E-state index contributed by atoms with van der Waals surface area (Å²) in [5.41, 5.74) is -1.37. The molecule has 0 fully saturated rings. The van der Waals surface area contributed by atoms with Crippen molar-refractivity contribution < 1.29 is 31.2 Å². The Morgan fingerprint density at radius 2 is 1.59 bits per heavy atom. The van der Waals surface area contributed by atoms with Crippen LogP contribution in [0.4, 0.5) is 18.9 Å². The van der Waals surface area contributed by atoms with Crippen molar-refractivity contribution in [2.24, 2.45) is 0 Å². The molecular weight excluding hydrogens is 602 g/mol. The number of amides is 2. The molecule has 7 nitrogen and oxygen atoms in total. The Morgan fingerprint density at radius 1 is 1.00 bits per heavy atom. The summed E-state index contributed by atoms with van der Waals surface area (Å²) in [5, 5.41) is 2.90. The molecule has 216 valence electrons. The maximum absolute atomic E-state index is 13.7. The van der Waals surface area contributed by atoms with Crippen LogP contribution in [0.25, 0.3) is 0 Å². The summed E-state index contributed by atoms with van der Waals surface area (Å²) in [6.07, 6.45) is -3.30. The van der Waals surface area contributed by atoms with Crippen LogP contribution in [-0.4, -0.2) is 50.0 Å². The third kappa shape index (κ3) is 8.64. The Kier molecular flexibility index (Phi) is 11.4. The van der Waals surface area contributed by atoms with Crippen molar-refractivity contribution in [1.82, 2.24) is 10.2 Å².